The minimum Gasteiger partial charge on any atom is -0.496 e. The SMILES string of the molecule is C=C1COc2cc(OC)c(-c3cc(CCC4(C)COCCN4C(=O)c4nn(-c5ccsc5)c5c4COc4cc(OC)c(-c6cnn(CCC)c6)cc4-5)nn3CCC)cc2CN(c2ccsc2)/N=C\1C(=O)N1CCOCC1(C)C. The first-order valence-corrected chi connectivity index (χ1v) is 28.5. The predicted octanol–water partition coefficient (Wildman–Crippen LogP) is 9.93. The van der Waals surface area contributed by atoms with Crippen LogP contribution in [0.25, 0.3) is 39.3 Å². The Bertz CT molecular complexity index is 3390. The molecular weight excluding hydrogens is 1030 g/mol. The third-order valence-electron chi connectivity index (χ3n) is 15.1. The van der Waals surface area contributed by atoms with E-state index >= 15 is 4.79 Å². The number of benzene rings is 2. The topological polar surface area (TPSA) is 165 Å². The normalized spacial score (nSPS) is 18.8. The summed E-state index contributed by atoms with van der Waals surface area (Å²) in [6.45, 7) is 19.1. The molecule has 2 saturated heterocycles. The van der Waals surface area contributed by atoms with E-state index < -0.39 is 11.1 Å². The van der Waals surface area contributed by atoms with Crippen LogP contribution in [0, 0.1) is 0 Å². The van der Waals surface area contributed by atoms with E-state index in [2.05, 4.69) is 50.6 Å². The van der Waals surface area contributed by atoms with E-state index in [1.54, 1.807) is 36.9 Å². The van der Waals surface area contributed by atoms with Crippen molar-refractivity contribution in [2.45, 2.75) is 97.6 Å². The summed E-state index contributed by atoms with van der Waals surface area (Å²) in [5, 5.41) is 30.0. The molecule has 4 aliphatic rings. The Morgan fingerprint density at radius 3 is 2.24 bits per heavy atom. The van der Waals surface area contributed by atoms with Gasteiger partial charge in [-0.3, -0.25) is 24.0 Å². The average Bonchev–Trinajstić information content (AvgIpc) is 4.43. The number of ether oxygens (including phenoxy) is 6. The van der Waals surface area contributed by atoms with Gasteiger partial charge in [-0.25, -0.2) is 4.68 Å². The second kappa shape index (κ2) is 21.9. The van der Waals surface area contributed by atoms with E-state index in [1.165, 1.54) is 0 Å². The van der Waals surface area contributed by atoms with Crippen molar-refractivity contribution < 1.29 is 38.0 Å². The van der Waals surface area contributed by atoms with Crippen LogP contribution in [0.2, 0.25) is 0 Å². The first-order chi connectivity index (χ1) is 37.8. The Morgan fingerprint density at radius 1 is 0.795 bits per heavy atom. The van der Waals surface area contributed by atoms with Crippen LogP contribution >= 0.6 is 22.7 Å². The van der Waals surface area contributed by atoms with Gasteiger partial charge in [0.05, 0.1) is 92.9 Å². The fourth-order valence-corrected chi connectivity index (χ4v) is 12.1. The smallest absolute Gasteiger partial charge is 0.275 e. The van der Waals surface area contributed by atoms with E-state index in [4.69, 9.17) is 43.7 Å². The number of aryl methyl sites for hydroxylation is 3. The molecule has 0 radical (unpaired) electrons. The summed E-state index contributed by atoms with van der Waals surface area (Å²) >= 11 is 3.12. The molecule has 18 nitrogen and oxygen atoms in total. The van der Waals surface area contributed by atoms with Crippen molar-refractivity contribution in [2.75, 3.05) is 65.4 Å². The summed E-state index contributed by atoms with van der Waals surface area (Å²) in [5.41, 5.74) is 9.08. The van der Waals surface area contributed by atoms with E-state index in [0.717, 1.165) is 81.2 Å². The Hall–Kier alpha value is -7.26. The number of hydrazone groups is 1. The quantitative estimate of drug-likeness (QED) is 0.0956. The molecule has 20 heteroatoms. The van der Waals surface area contributed by atoms with E-state index in [-0.39, 0.29) is 30.7 Å². The number of morpholine rings is 2. The van der Waals surface area contributed by atoms with Gasteiger partial charge in [0, 0.05) is 94.2 Å². The number of carbonyl (C=O) groups is 2. The van der Waals surface area contributed by atoms with Gasteiger partial charge in [-0.2, -0.15) is 43.1 Å². The maximum atomic E-state index is 15.3. The van der Waals surface area contributed by atoms with Gasteiger partial charge in [0.1, 0.15) is 36.2 Å². The highest BCUT2D eigenvalue weighted by atomic mass is 32.1. The van der Waals surface area contributed by atoms with Gasteiger partial charge < -0.3 is 38.2 Å². The van der Waals surface area contributed by atoms with E-state index in [0.29, 0.717) is 99.7 Å². The molecule has 2 aromatic carbocycles. The number of hydrogen-bond donors (Lipinski definition) is 0. The van der Waals surface area contributed by atoms with Crippen LogP contribution in [0.1, 0.15) is 81.2 Å². The molecule has 0 aliphatic carbocycles. The van der Waals surface area contributed by atoms with Gasteiger partial charge in [-0.15, -0.1) is 0 Å². The number of aromatic nitrogens is 6. The molecule has 0 saturated carbocycles. The fraction of sp³-hybridized carbons (Fsp3) is 0.414. The lowest BCUT2D eigenvalue weighted by Crippen LogP contribution is -2.57. The number of fused-ring (bicyclic) bond motifs is 4. The van der Waals surface area contributed by atoms with Crippen molar-refractivity contribution in [1.29, 1.82) is 0 Å². The third kappa shape index (κ3) is 9.98. The van der Waals surface area contributed by atoms with Crippen molar-refractivity contribution in [3.63, 3.8) is 0 Å². The van der Waals surface area contributed by atoms with Gasteiger partial charge in [0.2, 0.25) is 0 Å². The molecule has 9 heterocycles. The number of thiophene rings is 2. The predicted molar refractivity (Wildman–Crippen MR) is 302 cm³/mol. The van der Waals surface area contributed by atoms with Crippen LogP contribution in [-0.4, -0.2) is 128 Å². The zero-order valence-corrected chi connectivity index (χ0v) is 47.0. The van der Waals surface area contributed by atoms with Gasteiger partial charge in [0.25, 0.3) is 11.8 Å². The maximum absolute atomic E-state index is 15.3. The number of carbonyl (C=O) groups excluding carboxylic acids is 2. The Kier molecular flexibility index (Phi) is 14.8. The Balaban J connectivity index is 0.898. The van der Waals surface area contributed by atoms with Crippen LogP contribution in [-0.2, 0) is 46.9 Å². The number of methoxy groups -OCH3 is 2. The number of amides is 2. The maximum Gasteiger partial charge on any atom is 0.275 e. The van der Waals surface area contributed by atoms with Crippen molar-refractivity contribution in [1.82, 2.24) is 39.1 Å². The minimum absolute atomic E-state index is 0.0480. The first-order valence-electron chi connectivity index (χ1n) is 26.6. The molecule has 78 heavy (non-hydrogen) atoms. The van der Waals surface area contributed by atoms with Crippen molar-refractivity contribution in [3.05, 3.63) is 111 Å². The zero-order valence-electron chi connectivity index (χ0n) is 45.4. The zero-order chi connectivity index (χ0) is 54.3. The molecule has 0 bridgehead atoms. The van der Waals surface area contributed by atoms with Gasteiger partial charge in [0.15, 0.2) is 11.4 Å². The van der Waals surface area contributed by atoms with Crippen LogP contribution in [0.4, 0.5) is 5.69 Å². The first kappa shape index (κ1) is 52.8. The highest BCUT2D eigenvalue weighted by Crippen LogP contribution is 2.47. The van der Waals surface area contributed by atoms with Gasteiger partial charge >= 0.3 is 0 Å². The molecule has 4 aliphatic heterocycles. The lowest BCUT2D eigenvalue weighted by atomic mass is 9.91. The highest BCUT2D eigenvalue weighted by Gasteiger charge is 2.43. The standard InChI is InChI=1S/C58H66N10O8S2/c1-9-15-63-29-39(28-59-63)43-25-45-51(27-49(43)71-7)76-32-46-53(62-68(54(45)46)42-13-22-78-34-42)56(70)65-18-20-74-36-58(65,6)14-11-40-24-47(66(60-40)16-10-2)44-23-38-30-67(41-12-21-77-33-41)61-52(37(3)31-75-48(38)26-50(44)72-8)55(69)64-17-19-73-35-57(64,4)5/h12-13,21-29,33-34H,3,9-11,14-20,30-32,35-36H2,1-2,4-8H3/b61-52+. The van der Waals surface area contributed by atoms with Crippen LogP contribution in [0.3, 0.4) is 0 Å². The summed E-state index contributed by atoms with van der Waals surface area (Å²) in [6, 6.07) is 14.1. The summed E-state index contributed by atoms with van der Waals surface area (Å²) in [7, 11) is 3.31. The second-order valence-corrected chi connectivity index (χ2v) is 22.6. The van der Waals surface area contributed by atoms with Crippen LogP contribution in [0.5, 0.6) is 23.0 Å². The number of nitrogens with zero attached hydrogens (tertiary/aromatic N) is 10. The number of anilines is 1. The van der Waals surface area contributed by atoms with E-state index in [1.807, 2.05) is 101 Å². The molecule has 5 aromatic heterocycles. The van der Waals surface area contributed by atoms with Crippen molar-refractivity contribution in [2.24, 2.45) is 5.10 Å². The van der Waals surface area contributed by atoms with Crippen molar-refractivity contribution >= 4 is 45.9 Å². The molecule has 0 spiro atoms. The third-order valence-corrected chi connectivity index (χ3v) is 16.4. The molecule has 1 atom stereocenters. The lowest BCUT2D eigenvalue weighted by Gasteiger charge is -2.44. The van der Waals surface area contributed by atoms with Crippen LogP contribution in [0.15, 0.2) is 93.6 Å². The summed E-state index contributed by atoms with van der Waals surface area (Å²) < 4.78 is 42.9. The molecule has 7 aromatic rings. The number of rotatable bonds is 15. The van der Waals surface area contributed by atoms with Gasteiger partial charge in [-0.1, -0.05) is 20.4 Å². The summed E-state index contributed by atoms with van der Waals surface area (Å²) in [4.78, 5) is 33.5. The average molecular weight is 1100 g/mol. The molecule has 2 fully saturated rings. The van der Waals surface area contributed by atoms with E-state index in [9.17, 15) is 4.79 Å². The Labute approximate surface area is 462 Å². The Morgan fingerprint density at radius 2 is 1.51 bits per heavy atom. The molecule has 2 amide bonds. The molecule has 1 unspecified atom stereocenters. The molecule has 408 valence electrons. The second-order valence-electron chi connectivity index (χ2n) is 21.0. The van der Waals surface area contributed by atoms with Gasteiger partial charge in [-0.05, 0) is 87.5 Å². The highest BCUT2D eigenvalue weighted by molar-refractivity contribution is 7.08. The summed E-state index contributed by atoms with van der Waals surface area (Å²) in [5.74, 6) is 2.13. The minimum atomic E-state index is -0.709. The molecule has 0 N–H and O–H groups in total. The van der Waals surface area contributed by atoms with Crippen molar-refractivity contribution in [3.8, 4) is 62.3 Å². The molecule has 11 rings (SSSR count). The molecular formula is C58H66N10O8S2. The summed E-state index contributed by atoms with van der Waals surface area (Å²) in [6.07, 6.45) is 6.81. The number of hydrogen-bond acceptors (Lipinski definition) is 15. The lowest BCUT2D eigenvalue weighted by molar-refractivity contribution is -0.138. The monoisotopic (exact) mass is 1090 g/mol. The largest absolute Gasteiger partial charge is 0.496 e. The fourth-order valence-electron chi connectivity index (χ4n) is 10.9. The van der Waals surface area contributed by atoms with Crippen LogP contribution < -0.4 is 24.0 Å².